The fourth-order valence-corrected chi connectivity index (χ4v) is 3.40. The lowest BCUT2D eigenvalue weighted by Crippen LogP contribution is -2.22. The number of benzene rings is 1. The van der Waals surface area contributed by atoms with Crippen molar-refractivity contribution in [2.24, 2.45) is 0 Å². The molecule has 3 heteroatoms. The molecule has 1 aliphatic rings. The van der Waals surface area contributed by atoms with Crippen LogP contribution >= 0.6 is 15.9 Å². The van der Waals surface area contributed by atoms with Crippen LogP contribution in [0.5, 0.6) is 0 Å². The standard InChI is InChI=1S/C15H23BrN2/c1-12-10-14(16)11-13(2)15(12)17-6-5-9-18-7-3-4-8-18/h10-11,17H,3-9H2,1-2H3. The van der Waals surface area contributed by atoms with Gasteiger partial charge in [-0.1, -0.05) is 15.9 Å². The van der Waals surface area contributed by atoms with Gasteiger partial charge in [0.25, 0.3) is 0 Å². The Morgan fingerprint density at radius 1 is 1.17 bits per heavy atom. The van der Waals surface area contributed by atoms with Gasteiger partial charge < -0.3 is 10.2 Å². The minimum absolute atomic E-state index is 1.07. The van der Waals surface area contributed by atoms with Crippen molar-refractivity contribution >= 4 is 21.6 Å². The van der Waals surface area contributed by atoms with Crippen LogP contribution in [-0.2, 0) is 0 Å². The third-order valence-corrected chi connectivity index (χ3v) is 4.11. The molecule has 1 aromatic rings. The number of hydrogen-bond acceptors (Lipinski definition) is 2. The second-order valence-electron chi connectivity index (χ2n) is 5.24. The lowest BCUT2D eigenvalue weighted by atomic mass is 10.1. The Morgan fingerprint density at radius 3 is 2.39 bits per heavy atom. The molecule has 18 heavy (non-hydrogen) atoms. The molecule has 2 rings (SSSR count). The molecule has 0 radical (unpaired) electrons. The van der Waals surface area contributed by atoms with Gasteiger partial charge in [0, 0.05) is 16.7 Å². The predicted molar refractivity (Wildman–Crippen MR) is 82.4 cm³/mol. The summed E-state index contributed by atoms with van der Waals surface area (Å²) in [5.41, 5.74) is 3.95. The molecule has 1 heterocycles. The first kappa shape index (κ1) is 13.9. The molecular formula is C15H23BrN2. The van der Waals surface area contributed by atoms with E-state index in [2.05, 4.69) is 52.1 Å². The number of rotatable bonds is 5. The van der Waals surface area contributed by atoms with E-state index in [1.54, 1.807) is 0 Å². The molecule has 2 nitrogen and oxygen atoms in total. The summed E-state index contributed by atoms with van der Waals surface area (Å²) in [7, 11) is 0. The summed E-state index contributed by atoms with van der Waals surface area (Å²) in [6.07, 6.45) is 4.01. The van der Waals surface area contributed by atoms with Crippen LogP contribution in [0.3, 0.4) is 0 Å². The van der Waals surface area contributed by atoms with E-state index in [9.17, 15) is 0 Å². The number of hydrogen-bond donors (Lipinski definition) is 1. The van der Waals surface area contributed by atoms with Gasteiger partial charge in [-0.3, -0.25) is 0 Å². The highest BCUT2D eigenvalue weighted by Crippen LogP contribution is 2.25. The zero-order valence-corrected chi connectivity index (χ0v) is 13.0. The Balaban J connectivity index is 1.79. The molecule has 1 aromatic carbocycles. The van der Waals surface area contributed by atoms with Crippen LogP contribution in [0.25, 0.3) is 0 Å². The molecule has 1 aliphatic heterocycles. The normalized spacial score (nSPS) is 16.2. The van der Waals surface area contributed by atoms with Gasteiger partial charge in [0.1, 0.15) is 0 Å². The molecule has 0 aromatic heterocycles. The monoisotopic (exact) mass is 310 g/mol. The summed E-state index contributed by atoms with van der Waals surface area (Å²) >= 11 is 3.54. The van der Waals surface area contributed by atoms with Crippen molar-refractivity contribution in [3.63, 3.8) is 0 Å². The molecule has 1 N–H and O–H groups in total. The predicted octanol–water partition coefficient (Wildman–Crippen LogP) is 3.96. The number of nitrogens with one attached hydrogen (secondary N) is 1. The molecule has 100 valence electrons. The smallest absolute Gasteiger partial charge is 0.0400 e. The van der Waals surface area contributed by atoms with E-state index in [1.807, 2.05) is 0 Å². The van der Waals surface area contributed by atoms with Crippen molar-refractivity contribution in [3.05, 3.63) is 27.7 Å². The average molecular weight is 311 g/mol. The Bertz CT molecular complexity index is 374. The molecule has 1 fully saturated rings. The quantitative estimate of drug-likeness (QED) is 0.828. The van der Waals surface area contributed by atoms with Gasteiger partial charge in [0.05, 0.1) is 0 Å². The highest BCUT2D eigenvalue weighted by atomic mass is 79.9. The van der Waals surface area contributed by atoms with E-state index in [0.717, 1.165) is 6.54 Å². The van der Waals surface area contributed by atoms with Gasteiger partial charge in [-0.25, -0.2) is 0 Å². The Kier molecular flexibility index (Phi) is 5.07. The molecule has 0 bridgehead atoms. The second kappa shape index (κ2) is 6.58. The number of halogens is 1. The lowest BCUT2D eigenvalue weighted by molar-refractivity contribution is 0.337. The minimum Gasteiger partial charge on any atom is -0.385 e. The molecule has 0 amide bonds. The van der Waals surface area contributed by atoms with Crippen LogP contribution in [0.15, 0.2) is 16.6 Å². The highest BCUT2D eigenvalue weighted by molar-refractivity contribution is 9.10. The fraction of sp³-hybridized carbons (Fsp3) is 0.600. The summed E-state index contributed by atoms with van der Waals surface area (Å²) < 4.78 is 1.17. The Labute approximate surface area is 119 Å². The number of nitrogens with zero attached hydrogens (tertiary/aromatic N) is 1. The van der Waals surface area contributed by atoms with Gasteiger partial charge in [-0.15, -0.1) is 0 Å². The van der Waals surface area contributed by atoms with E-state index >= 15 is 0 Å². The lowest BCUT2D eigenvalue weighted by Gasteiger charge is -2.16. The van der Waals surface area contributed by atoms with E-state index in [4.69, 9.17) is 0 Å². The zero-order valence-electron chi connectivity index (χ0n) is 11.4. The van der Waals surface area contributed by atoms with Gasteiger partial charge in [0.15, 0.2) is 0 Å². The van der Waals surface area contributed by atoms with Gasteiger partial charge in [-0.05, 0) is 76.0 Å². The van der Waals surface area contributed by atoms with Crippen molar-refractivity contribution < 1.29 is 0 Å². The first-order valence-corrected chi connectivity index (χ1v) is 7.69. The number of likely N-dealkylation sites (tertiary alicyclic amines) is 1. The topological polar surface area (TPSA) is 15.3 Å². The van der Waals surface area contributed by atoms with Crippen molar-refractivity contribution in [2.75, 3.05) is 31.5 Å². The second-order valence-corrected chi connectivity index (χ2v) is 6.16. The molecule has 0 atom stereocenters. The zero-order chi connectivity index (χ0) is 13.0. The maximum atomic E-state index is 3.58. The van der Waals surface area contributed by atoms with Crippen LogP contribution in [0.4, 0.5) is 5.69 Å². The van der Waals surface area contributed by atoms with E-state index < -0.39 is 0 Å². The molecular weight excluding hydrogens is 288 g/mol. The van der Waals surface area contributed by atoms with Crippen molar-refractivity contribution in [3.8, 4) is 0 Å². The summed E-state index contributed by atoms with van der Waals surface area (Å²) in [4.78, 5) is 2.57. The van der Waals surface area contributed by atoms with E-state index in [-0.39, 0.29) is 0 Å². The maximum Gasteiger partial charge on any atom is 0.0400 e. The molecule has 0 unspecified atom stereocenters. The SMILES string of the molecule is Cc1cc(Br)cc(C)c1NCCCN1CCCC1. The third kappa shape index (κ3) is 3.72. The van der Waals surface area contributed by atoms with Crippen LogP contribution in [-0.4, -0.2) is 31.1 Å². The average Bonchev–Trinajstić information content (AvgIpc) is 2.79. The van der Waals surface area contributed by atoms with Gasteiger partial charge >= 0.3 is 0 Å². The Morgan fingerprint density at radius 2 is 1.78 bits per heavy atom. The van der Waals surface area contributed by atoms with Crippen LogP contribution < -0.4 is 5.32 Å². The molecule has 0 spiro atoms. The molecule has 0 saturated carbocycles. The van der Waals surface area contributed by atoms with E-state index in [1.165, 1.54) is 60.2 Å². The summed E-state index contributed by atoms with van der Waals surface area (Å²) in [5.74, 6) is 0. The van der Waals surface area contributed by atoms with Gasteiger partial charge in [-0.2, -0.15) is 0 Å². The number of anilines is 1. The molecule has 0 aliphatic carbocycles. The number of aryl methyl sites for hydroxylation is 2. The highest BCUT2D eigenvalue weighted by Gasteiger charge is 2.10. The first-order chi connectivity index (χ1) is 8.66. The first-order valence-electron chi connectivity index (χ1n) is 6.90. The van der Waals surface area contributed by atoms with Crippen molar-refractivity contribution in [1.82, 2.24) is 4.90 Å². The van der Waals surface area contributed by atoms with Crippen LogP contribution in [0.1, 0.15) is 30.4 Å². The van der Waals surface area contributed by atoms with E-state index in [0.29, 0.717) is 0 Å². The minimum atomic E-state index is 1.07. The van der Waals surface area contributed by atoms with Crippen molar-refractivity contribution in [2.45, 2.75) is 33.1 Å². The maximum absolute atomic E-state index is 3.58. The summed E-state index contributed by atoms with van der Waals surface area (Å²) in [5, 5.41) is 3.58. The Hall–Kier alpha value is -0.540. The third-order valence-electron chi connectivity index (χ3n) is 3.65. The summed E-state index contributed by atoms with van der Waals surface area (Å²) in [6.45, 7) is 9.25. The van der Waals surface area contributed by atoms with Crippen LogP contribution in [0.2, 0.25) is 0 Å². The largest absolute Gasteiger partial charge is 0.385 e. The van der Waals surface area contributed by atoms with Crippen LogP contribution in [0, 0.1) is 13.8 Å². The molecule has 1 saturated heterocycles. The summed E-state index contributed by atoms with van der Waals surface area (Å²) in [6, 6.07) is 4.35. The van der Waals surface area contributed by atoms with Gasteiger partial charge in [0.2, 0.25) is 0 Å². The fourth-order valence-electron chi connectivity index (χ4n) is 2.71. The van der Waals surface area contributed by atoms with Crippen molar-refractivity contribution in [1.29, 1.82) is 0 Å².